The molecule has 5 heteroatoms. The Kier molecular flexibility index (Phi) is 4.58. The van der Waals surface area contributed by atoms with Crippen molar-refractivity contribution in [1.82, 2.24) is 10.2 Å². The first-order valence-electron chi connectivity index (χ1n) is 6.99. The Balaban J connectivity index is 1.65. The number of hydrogen-bond acceptors (Lipinski definition) is 3. The molecule has 0 bridgehead atoms. The summed E-state index contributed by atoms with van der Waals surface area (Å²) in [5.74, 6) is 0.129. The number of amides is 2. The minimum atomic E-state index is -0.0492. The van der Waals surface area contributed by atoms with Crippen LogP contribution in [-0.2, 0) is 9.59 Å². The van der Waals surface area contributed by atoms with Crippen LogP contribution in [-0.4, -0.2) is 42.4 Å². The average Bonchev–Trinajstić information content (AvgIpc) is 2.99. The van der Waals surface area contributed by atoms with E-state index in [0.717, 1.165) is 45.2 Å². The van der Waals surface area contributed by atoms with Crippen LogP contribution in [0.1, 0.15) is 38.5 Å². The summed E-state index contributed by atoms with van der Waals surface area (Å²) in [6.07, 6.45) is 5.47. The first-order valence-corrected chi connectivity index (χ1v) is 6.99. The van der Waals surface area contributed by atoms with E-state index in [1.54, 1.807) is 0 Å². The van der Waals surface area contributed by atoms with Gasteiger partial charge in [-0.25, -0.2) is 0 Å². The van der Waals surface area contributed by atoms with E-state index in [1.165, 1.54) is 0 Å². The molecule has 0 spiro atoms. The van der Waals surface area contributed by atoms with Crippen LogP contribution >= 0.6 is 0 Å². The van der Waals surface area contributed by atoms with E-state index < -0.39 is 0 Å². The van der Waals surface area contributed by atoms with Crippen LogP contribution < -0.4 is 11.1 Å². The summed E-state index contributed by atoms with van der Waals surface area (Å²) in [7, 11) is 0. The standard InChI is InChI=1S/C13H23N3O2/c14-11-5-3-4-10(11)13(18)15-7-6-12(17)16-8-1-2-9-16/h10-11H,1-9,14H2,(H,15,18). The molecule has 2 rings (SSSR count). The van der Waals surface area contributed by atoms with Gasteiger partial charge in [0.1, 0.15) is 0 Å². The number of carbonyl (C=O) groups excluding carboxylic acids is 2. The van der Waals surface area contributed by atoms with Crippen LogP contribution in [0.15, 0.2) is 0 Å². The molecule has 2 atom stereocenters. The molecule has 0 aromatic heterocycles. The second-order valence-electron chi connectivity index (χ2n) is 5.33. The van der Waals surface area contributed by atoms with Gasteiger partial charge < -0.3 is 16.0 Å². The second-order valence-corrected chi connectivity index (χ2v) is 5.33. The van der Waals surface area contributed by atoms with Gasteiger partial charge in [0, 0.05) is 32.1 Å². The van der Waals surface area contributed by atoms with Crippen molar-refractivity contribution in [3.63, 3.8) is 0 Å². The lowest BCUT2D eigenvalue weighted by molar-refractivity contribution is -0.130. The van der Waals surface area contributed by atoms with E-state index in [1.807, 2.05) is 4.90 Å². The van der Waals surface area contributed by atoms with Gasteiger partial charge in [0.2, 0.25) is 11.8 Å². The number of nitrogens with zero attached hydrogens (tertiary/aromatic N) is 1. The van der Waals surface area contributed by atoms with Crippen LogP contribution in [0.4, 0.5) is 0 Å². The topological polar surface area (TPSA) is 75.4 Å². The van der Waals surface area contributed by atoms with Crippen molar-refractivity contribution < 1.29 is 9.59 Å². The average molecular weight is 253 g/mol. The molecule has 0 aromatic rings. The first-order chi connectivity index (χ1) is 8.68. The van der Waals surface area contributed by atoms with Gasteiger partial charge in [-0.15, -0.1) is 0 Å². The lowest BCUT2D eigenvalue weighted by Gasteiger charge is -2.17. The van der Waals surface area contributed by atoms with Gasteiger partial charge in [0.25, 0.3) is 0 Å². The third kappa shape index (κ3) is 3.22. The van der Waals surface area contributed by atoms with Crippen molar-refractivity contribution >= 4 is 11.8 Å². The van der Waals surface area contributed by atoms with E-state index in [0.29, 0.717) is 13.0 Å². The predicted octanol–water partition coefficient (Wildman–Crippen LogP) is 0.242. The Hall–Kier alpha value is -1.10. The lowest BCUT2D eigenvalue weighted by atomic mass is 10.0. The maximum absolute atomic E-state index is 11.8. The number of rotatable bonds is 4. The van der Waals surface area contributed by atoms with Gasteiger partial charge in [0.05, 0.1) is 5.92 Å². The van der Waals surface area contributed by atoms with E-state index >= 15 is 0 Å². The minimum absolute atomic E-state index is 0.000663. The van der Waals surface area contributed by atoms with E-state index in [-0.39, 0.29) is 23.8 Å². The van der Waals surface area contributed by atoms with Crippen LogP contribution in [0.25, 0.3) is 0 Å². The van der Waals surface area contributed by atoms with Crippen LogP contribution in [0.2, 0.25) is 0 Å². The zero-order chi connectivity index (χ0) is 13.0. The number of likely N-dealkylation sites (tertiary alicyclic amines) is 1. The highest BCUT2D eigenvalue weighted by atomic mass is 16.2. The SMILES string of the molecule is NC1CCCC1C(=O)NCCC(=O)N1CCCC1. The number of nitrogens with one attached hydrogen (secondary N) is 1. The smallest absolute Gasteiger partial charge is 0.224 e. The third-order valence-electron chi connectivity index (χ3n) is 4.00. The minimum Gasteiger partial charge on any atom is -0.355 e. The summed E-state index contributed by atoms with van der Waals surface area (Å²) >= 11 is 0. The van der Waals surface area contributed by atoms with Crippen LogP contribution in [0.5, 0.6) is 0 Å². The number of carbonyl (C=O) groups is 2. The molecule has 102 valence electrons. The van der Waals surface area contributed by atoms with Gasteiger partial charge in [-0.1, -0.05) is 6.42 Å². The Bertz CT molecular complexity index is 313. The van der Waals surface area contributed by atoms with Gasteiger partial charge in [-0.3, -0.25) is 9.59 Å². The maximum Gasteiger partial charge on any atom is 0.224 e. The molecule has 3 N–H and O–H groups in total. The molecule has 0 radical (unpaired) electrons. The monoisotopic (exact) mass is 253 g/mol. The lowest BCUT2D eigenvalue weighted by Crippen LogP contribution is -2.40. The molecular weight excluding hydrogens is 230 g/mol. The van der Waals surface area contributed by atoms with E-state index in [9.17, 15) is 9.59 Å². The highest BCUT2D eigenvalue weighted by Crippen LogP contribution is 2.23. The number of nitrogens with two attached hydrogens (primary N) is 1. The molecule has 2 unspecified atom stereocenters. The number of hydrogen-bond donors (Lipinski definition) is 2. The summed E-state index contributed by atoms with van der Waals surface area (Å²) < 4.78 is 0. The zero-order valence-corrected chi connectivity index (χ0v) is 10.9. The van der Waals surface area contributed by atoms with Crippen molar-refractivity contribution in [3.05, 3.63) is 0 Å². The van der Waals surface area contributed by atoms with Crippen LogP contribution in [0.3, 0.4) is 0 Å². The third-order valence-corrected chi connectivity index (χ3v) is 4.00. The highest BCUT2D eigenvalue weighted by molar-refractivity contribution is 5.81. The molecule has 1 saturated heterocycles. The molecule has 1 saturated carbocycles. The molecule has 18 heavy (non-hydrogen) atoms. The molecule has 1 aliphatic carbocycles. The molecule has 2 fully saturated rings. The molecule has 5 nitrogen and oxygen atoms in total. The van der Waals surface area contributed by atoms with Crippen LogP contribution in [0, 0.1) is 5.92 Å². The molecule has 1 aliphatic heterocycles. The van der Waals surface area contributed by atoms with Crippen molar-refractivity contribution in [2.75, 3.05) is 19.6 Å². The van der Waals surface area contributed by atoms with E-state index in [2.05, 4.69) is 5.32 Å². The van der Waals surface area contributed by atoms with Crippen molar-refractivity contribution in [1.29, 1.82) is 0 Å². The molecular formula is C13H23N3O2. The quantitative estimate of drug-likeness (QED) is 0.753. The fourth-order valence-corrected chi connectivity index (χ4v) is 2.86. The molecule has 2 aliphatic rings. The Morgan fingerprint density at radius 3 is 2.50 bits per heavy atom. The summed E-state index contributed by atoms with van der Waals surface area (Å²) in [4.78, 5) is 25.5. The largest absolute Gasteiger partial charge is 0.355 e. The van der Waals surface area contributed by atoms with Crippen molar-refractivity contribution in [2.24, 2.45) is 11.7 Å². The zero-order valence-electron chi connectivity index (χ0n) is 10.9. The summed E-state index contributed by atoms with van der Waals surface area (Å²) in [5, 5.41) is 2.84. The Morgan fingerprint density at radius 1 is 1.17 bits per heavy atom. The maximum atomic E-state index is 11.8. The Morgan fingerprint density at radius 2 is 1.89 bits per heavy atom. The normalized spacial score (nSPS) is 27.5. The van der Waals surface area contributed by atoms with Crippen molar-refractivity contribution in [2.45, 2.75) is 44.6 Å². The van der Waals surface area contributed by atoms with E-state index in [4.69, 9.17) is 5.73 Å². The Labute approximate surface area is 108 Å². The van der Waals surface area contributed by atoms with Gasteiger partial charge in [0.15, 0.2) is 0 Å². The fourth-order valence-electron chi connectivity index (χ4n) is 2.86. The predicted molar refractivity (Wildman–Crippen MR) is 68.8 cm³/mol. The highest BCUT2D eigenvalue weighted by Gasteiger charge is 2.30. The second kappa shape index (κ2) is 6.18. The van der Waals surface area contributed by atoms with Gasteiger partial charge in [-0.2, -0.15) is 0 Å². The molecule has 1 heterocycles. The van der Waals surface area contributed by atoms with Crippen molar-refractivity contribution in [3.8, 4) is 0 Å². The van der Waals surface area contributed by atoms with Gasteiger partial charge >= 0.3 is 0 Å². The molecule has 0 aromatic carbocycles. The molecule has 2 amide bonds. The first kappa shape index (κ1) is 13.3. The summed E-state index contributed by atoms with van der Waals surface area (Å²) in [5.41, 5.74) is 5.87. The van der Waals surface area contributed by atoms with Gasteiger partial charge in [-0.05, 0) is 25.7 Å². The summed E-state index contributed by atoms with van der Waals surface area (Å²) in [6, 6.07) is -0.000663. The fraction of sp³-hybridized carbons (Fsp3) is 0.846. The summed E-state index contributed by atoms with van der Waals surface area (Å²) in [6.45, 7) is 2.19.